The first-order valence-electron chi connectivity index (χ1n) is 11.0. The highest BCUT2D eigenvalue weighted by atomic mass is 16.2. The number of rotatable bonds is 7. The summed E-state index contributed by atoms with van der Waals surface area (Å²) in [5, 5.41) is 0. The van der Waals surface area contributed by atoms with Crippen molar-refractivity contribution in [2.24, 2.45) is 0 Å². The van der Waals surface area contributed by atoms with Crippen molar-refractivity contribution in [1.29, 1.82) is 0 Å². The minimum atomic E-state index is -0.697. The number of carbonyl (C=O) groups excluding carboxylic acids is 1. The maximum atomic E-state index is 13.6. The number of H-pyrrole nitrogens is 1. The maximum absolute atomic E-state index is 13.6. The Balaban J connectivity index is 1.71. The number of nitrogens with one attached hydrogen (secondary N) is 1. The number of aromatic nitrogens is 3. The van der Waals surface area contributed by atoms with Crippen molar-refractivity contribution in [3.63, 3.8) is 0 Å². The molecule has 2 aromatic carbocycles. The molecular weight excluding hydrogens is 416 g/mol. The molecule has 0 fully saturated rings. The quantitative estimate of drug-likeness (QED) is 0.444. The second-order valence-corrected chi connectivity index (χ2v) is 7.93. The number of aromatic amines is 1. The molecule has 1 amide bonds. The first-order chi connectivity index (χ1) is 16.0. The third kappa shape index (κ3) is 4.77. The van der Waals surface area contributed by atoms with Gasteiger partial charge in [-0.15, -0.1) is 0 Å². The fourth-order valence-electron chi connectivity index (χ4n) is 3.92. The first-order valence-corrected chi connectivity index (χ1v) is 11.0. The van der Waals surface area contributed by atoms with E-state index in [1.165, 1.54) is 10.1 Å². The van der Waals surface area contributed by atoms with Gasteiger partial charge in [-0.05, 0) is 54.3 Å². The molecule has 0 spiro atoms. The number of aryl methyl sites for hydroxylation is 2. The van der Waals surface area contributed by atoms with Crippen molar-refractivity contribution in [3.8, 4) is 0 Å². The standard InChI is InChI=1S/C26H26N4O3/c1-3-18-7-9-19(10-8-18)16-29(17-20-6-5-13-27-15-20)25(32)21-11-12-23-22(14-21)28-24(31)26(33)30(23)4-2/h5-15H,3-4,16-17H2,1-2H3,(H,28,31). The van der Waals surface area contributed by atoms with E-state index in [0.29, 0.717) is 36.2 Å². The van der Waals surface area contributed by atoms with Crippen LogP contribution in [0.15, 0.2) is 76.6 Å². The lowest BCUT2D eigenvalue weighted by molar-refractivity contribution is 0.0730. The smallest absolute Gasteiger partial charge is 0.316 e. The van der Waals surface area contributed by atoms with Crippen LogP contribution in [0.3, 0.4) is 0 Å². The van der Waals surface area contributed by atoms with E-state index in [9.17, 15) is 14.4 Å². The molecule has 0 bridgehead atoms. The fraction of sp³-hybridized carbons (Fsp3) is 0.231. The van der Waals surface area contributed by atoms with Gasteiger partial charge < -0.3 is 14.5 Å². The van der Waals surface area contributed by atoms with E-state index in [0.717, 1.165) is 17.5 Å². The summed E-state index contributed by atoms with van der Waals surface area (Å²) >= 11 is 0. The predicted octanol–water partition coefficient (Wildman–Crippen LogP) is 3.51. The molecule has 0 aliphatic heterocycles. The van der Waals surface area contributed by atoms with Crippen molar-refractivity contribution < 1.29 is 4.79 Å². The molecule has 0 aliphatic carbocycles. The highest BCUT2D eigenvalue weighted by Crippen LogP contribution is 2.18. The minimum Gasteiger partial charge on any atom is -0.330 e. The normalized spacial score (nSPS) is 11.0. The van der Waals surface area contributed by atoms with E-state index in [4.69, 9.17) is 0 Å². The molecule has 4 rings (SSSR count). The molecule has 0 aliphatic rings. The number of amides is 1. The number of benzene rings is 2. The van der Waals surface area contributed by atoms with Gasteiger partial charge in [-0.1, -0.05) is 37.3 Å². The average Bonchev–Trinajstić information content (AvgIpc) is 2.85. The number of hydrogen-bond donors (Lipinski definition) is 1. The molecule has 33 heavy (non-hydrogen) atoms. The lowest BCUT2D eigenvalue weighted by Gasteiger charge is -2.23. The molecule has 168 valence electrons. The summed E-state index contributed by atoms with van der Waals surface area (Å²) in [6.07, 6.45) is 4.40. The zero-order valence-electron chi connectivity index (χ0n) is 18.7. The molecule has 7 heteroatoms. The van der Waals surface area contributed by atoms with Crippen LogP contribution in [-0.2, 0) is 26.1 Å². The summed E-state index contributed by atoms with van der Waals surface area (Å²) in [6.45, 7) is 5.10. The average molecular weight is 443 g/mol. The van der Waals surface area contributed by atoms with E-state index < -0.39 is 11.1 Å². The van der Waals surface area contributed by atoms with Gasteiger partial charge in [0.05, 0.1) is 11.0 Å². The Morgan fingerprint density at radius 2 is 1.70 bits per heavy atom. The van der Waals surface area contributed by atoms with Gasteiger partial charge >= 0.3 is 11.1 Å². The molecule has 4 aromatic rings. The Kier molecular flexibility index (Phi) is 6.49. The van der Waals surface area contributed by atoms with Gasteiger partial charge in [-0.2, -0.15) is 0 Å². The maximum Gasteiger partial charge on any atom is 0.316 e. The van der Waals surface area contributed by atoms with Gasteiger partial charge in [-0.25, -0.2) is 0 Å². The van der Waals surface area contributed by atoms with Crippen LogP contribution in [0.5, 0.6) is 0 Å². The van der Waals surface area contributed by atoms with Crippen LogP contribution in [0.4, 0.5) is 0 Å². The van der Waals surface area contributed by atoms with E-state index >= 15 is 0 Å². The number of fused-ring (bicyclic) bond motifs is 1. The van der Waals surface area contributed by atoms with E-state index in [2.05, 4.69) is 29.0 Å². The molecule has 0 atom stereocenters. The summed E-state index contributed by atoms with van der Waals surface area (Å²) in [5.41, 5.74) is 3.38. The Bertz CT molecular complexity index is 1390. The fourth-order valence-corrected chi connectivity index (χ4v) is 3.92. The number of pyridine rings is 1. The number of hydrogen-bond acceptors (Lipinski definition) is 4. The molecular formula is C26H26N4O3. The SMILES string of the molecule is CCc1ccc(CN(Cc2cccnc2)C(=O)c2ccc3c(c2)[nH]c(=O)c(=O)n3CC)cc1. The highest BCUT2D eigenvalue weighted by Gasteiger charge is 2.18. The van der Waals surface area contributed by atoms with Gasteiger partial charge in [-0.3, -0.25) is 19.4 Å². The van der Waals surface area contributed by atoms with E-state index in [-0.39, 0.29) is 5.91 Å². The Hall–Kier alpha value is -4.00. The predicted molar refractivity (Wildman–Crippen MR) is 128 cm³/mol. The van der Waals surface area contributed by atoms with Crippen LogP contribution in [0.1, 0.15) is 40.9 Å². The van der Waals surface area contributed by atoms with Gasteiger partial charge in [0.2, 0.25) is 0 Å². The molecule has 0 saturated heterocycles. The molecule has 0 saturated carbocycles. The van der Waals surface area contributed by atoms with Crippen LogP contribution in [-0.4, -0.2) is 25.3 Å². The number of carbonyl (C=O) groups is 1. The van der Waals surface area contributed by atoms with Crippen LogP contribution >= 0.6 is 0 Å². The van der Waals surface area contributed by atoms with E-state index in [1.54, 1.807) is 42.4 Å². The van der Waals surface area contributed by atoms with Gasteiger partial charge in [0.25, 0.3) is 5.91 Å². The van der Waals surface area contributed by atoms with Crippen molar-refractivity contribution in [1.82, 2.24) is 19.4 Å². The highest BCUT2D eigenvalue weighted by molar-refractivity contribution is 5.97. The molecule has 0 unspecified atom stereocenters. The van der Waals surface area contributed by atoms with Crippen molar-refractivity contribution in [2.45, 2.75) is 39.9 Å². The number of nitrogens with zero attached hydrogens (tertiary/aromatic N) is 3. The minimum absolute atomic E-state index is 0.171. The molecule has 2 heterocycles. The van der Waals surface area contributed by atoms with Crippen LogP contribution in [0, 0.1) is 0 Å². The van der Waals surface area contributed by atoms with Crippen LogP contribution < -0.4 is 11.1 Å². The van der Waals surface area contributed by atoms with Crippen molar-refractivity contribution in [3.05, 3.63) is 110 Å². The third-order valence-electron chi connectivity index (χ3n) is 5.73. The summed E-state index contributed by atoms with van der Waals surface area (Å²) in [4.78, 5) is 46.3. The van der Waals surface area contributed by atoms with Crippen LogP contribution in [0.25, 0.3) is 11.0 Å². The summed E-state index contributed by atoms with van der Waals surface area (Å²) in [5.74, 6) is -0.171. The lowest BCUT2D eigenvalue weighted by atomic mass is 10.1. The van der Waals surface area contributed by atoms with Crippen LogP contribution in [0.2, 0.25) is 0 Å². The molecule has 7 nitrogen and oxygen atoms in total. The lowest BCUT2D eigenvalue weighted by Crippen LogP contribution is -2.36. The molecule has 0 radical (unpaired) electrons. The van der Waals surface area contributed by atoms with Gasteiger partial charge in [0.15, 0.2) is 0 Å². The Morgan fingerprint density at radius 3 is 2.36 bits per heavy atom. The largest absolute Gasteiger partial charge is 0.330 e. The zero-order valence-corrected chi connectivity index (χ0v) is 18.7. The Labute approximate surface area is 191 Å². The Morgan fingerprint density at radius 1 is 0.970 bits per heavy atom. The second-order valence-electron chi connectivity index (χ2n) is 7.93. The van der Waals surface area contributed by atoms with Crippen molar-refractivity contribution in [2.75, 3.05) is 0 Å². The monoisotopic (exact) mass is 442 g/mol. The summed E-state index contributed by atoms with van der Waals surface area (Å²) in [7, 11) is 0. The van der Waals surface area contributed by atoms with Gasteiger partial charge in [0, 0.05) is 37.6 Å². The topological polar surface area (TPSA) is 88.1 Å². The van der Waals surface area contributed by atoms with Crippen molar-refractivity contribution >= 4 is 16.9 Å². The second kappa shape index (κ2) is 9.65. The van der Waals surface area contributed by atoms with Gasteiger partial charge in [0.1, 0.15) is 0 Å². The molecule has 2 aromatic heterocycles. The molecule has 1 N–H and O–H groups in total. The summed E-state index contributed by atoms with van der Waals surface area (Å²) in [6, 6.07) is 17.1. The first kappa shape index (κ1) is 22.2. The zero-order chi connectivity index (χ0) is 23.4. The summed E-state index contributed by atoms with van der Waals surface area (Å²) < 4.78 is 1.41. The third-order valence-corrected chi connectivity index (χ3v) is 5.73. The van der Waals surface area contributed by atoms with E-state index in [1.807, 2.05) is 24.3 Å².